The summed E-state index contributed by atoms with van der Waals surface area (Å²) < 4.78 is 11.2. The van der Waals surface area contributed by atoms with Crippen molar-refractivity contribution in [3.63, 3.8) is 0 Å². The lowest BCUT2D eigenvalue weighted by atomic mass is 9.72. The summed E-state index contributed by atoms with van der Waals surface area (Å²) in [6.45, 7) is 10.1. The summed E-state index contributed by atoms with van der Waals surface area (Å²) in [7, 11) is -0.203. The molecule has 0 saturated carbocycles. The number of nitrogens with two attached hydrogens (primary N) is 1. The maximum atomic E-state index is 5.99. The molecule has 0 aliphatic carbocycles. The van der Waals surface area contributed by atoms with E-state index in [2.05, 4.69) is 27.7 Å². The molecule has 1 heterocycles. The molecule has 0 aromatic carbocycles. The second-order valence-electron chi connectivity index (χ2n) is 5.45. The molecule has 0 aromatic rings. The van der Waals surface area contributed by atoms with E-state index >= 15 is 0 Å². The standard InChI is InChI=1S/C10H22BNO2/c1-8(2)5-9(12)11-13-6-10(3,4)7-14-11/h8-9H,5-7,12H2,1-4H3/t9-/m0/s1. The molecule has 1 aliphatic heterocycles. The van der Waals surface area contributed by atoms with Gasteiger partial charge in [0.25, 0.3) is 0 Å². The molecule has 1 atom stereocenters. The maximum absolute atomic E-state index is 5.99. The smallest absolute Gasteiger partial charge is 0.410 e. The summed E-state index contributed by atoms with van der Waals surface area (Å²) in [6, 6.07) is 0. The van der Waals surface area contributed by atoms with E-state index in [-0.39, 0.29) is 18.5 Å². The molecule has 1 saturated heterocycles. The van der Waals surface area contributed by atoms with Crippen LogP contribution in [0.15, 0.2) is 0 Å². The van der Waals surface area contributed by atoms with Crippen molar-refractivity contribution in [3.8, 4) is 0 Å². The summed E-state index contributed by atoms with van der Waals surface area (Å²) in [6.07, 6.45) is 0.949. The van der Waals surface area contributed by atoms with Crippen molar-refractivity contribution >= 4 is 7.12 Å². The molecule has 0 aromatic heterocycles. The van der Waals surface area contributed by atoms with E-state index in [0.717, 1.165) is 19.6 Å². The first-order chi connectivity index (χ1) is 6.41. The fraction of sp³-hybridized carbons (Fsp3) is 1.00. The summed E-state index contributed by atoms with van der Waals surface area (Å²) in [5, 5.41) is 0. The molecule has 1 rings (SSSR count). The zero-order valence-corrected chi connectivity index (χ0v) is 9.75. The highest BCUT2D eigenvalue weighted by Gasteiger charge is 2.36. The molecule has 0 radical (unpaired) electrons. The Morgan fingerprint density at radius 2 is 1.79 bits per heavy atom. The van der Waals surface area contributed by atoms with Crippen LogP contribution in [0.3, 0.4) is 0 Å². The molecule has 3 nitrogen and oxygen atoms in total. The molecular weight excluding hydrogens is 177 g/mol. The molecule has 14 heavy (non-hydrogen) atoms. The van der Waals surface area contributed by atoms with Crippen LogP contribution in [0.5, 0.6) is 0 Å². The van der Waals surface area contributed by atoms with Gasteiger partial charge in [0.15, 0.2) is 0 Å². The lowest BCUT2D eigenvalue weighted by molar-refractivity contribution is 0.0236. The number of hydrogen-bond acceptors (Lipinski definition) is 3. The zero-order chi connectivity index (χ0) is 10.8. The lowest BCUT2D eigenvalue weighted by Gasteiger charge is -2.35. The molecule has 0 spiro atoms. The van der Waals surface area contributed by atoms with Crippen molar-refractivity contribution in [3.05, 3.63) is 0 Å². The second kappa shape index (κ2) is 4.64. The van der Waals surface area contributed by atoms with Crippen LogP contribution >= 0.6 is 0 Å². The minimum atomic E-state index is -0.203. The maximum Gasteiger partial charge on any atom is 0.474 e. The first kappa shape index (κ1) is 12.0. The highest BCUT2D eigenvalue weighted by atomic mass is 16.6. The van der Waals surface area contributed by atoms with E-state index < -0.39 is 0 Å². The predicted molar refractivity (Wildman–Crippen MR) is 58.9 cm³/mol. The van der Waals surface area contributed by atoms with E-state index in [1.165, 1.54) is 0 Å². The Morgan fingerprint density at radius 3 is 2.21 bits per heavy atom. The Hall–Kier alpha value is -0.0551. The van der Waals surface area contributed by atoms with Gasteiger partial charge < -0.3 is 15.0 Å². The third-order valence-corrected chi connectivity index (χ3v) is 2.37. The van der Waals surface area contributed by atoms with Gasteiger partial charge in [-0.2, -0.15) is 0 Å². The van der Waals surface area contributed by atoms with Gasteiger partial charge >= 0.3 is 7.12 Å². The zero-order valence-electron chi connectivity index (χ0n) is 9.75. The minimum absolute atomic E-state index is 0.00565. The van der Waals surface area contributed by atoms with Crippen molar-refractivity contribution in [1.82, 2.24) is 0 Å². The molecule has 4 heteroatoms. The van der Waals surface area contributed by atoms with Gasteiger partial charge in [-0.3, -0.25) is 0 Å². The molecule has 2 N–H and O–H groups in total. The highest BCUT2D eigenvalue weighted by Crippen LogP contribution is 2.23. The SMILES string of the molecule is CC(C)C[C@H](N)B1OCC(C)(C)CO1. The predicted octanol–water partition coefficient (Wildman–Crippen LogP) is 1.46. The Morgan fingerprint density at radius 1 is 1.29 bits per heavy atom. The first-order valence-electron chi connectivity index (χ1n) is 5.39. The van der Waals surface area contributed by atoms with Gasteiger partial charge in [0.05, 0.1) is 0 Å². The Bertz CT molecular complexity index is 175. The Labute approximate surface area is 87.5 Å². The summed E-state index contributed by atoms with van der Waals surface area (Å²) in [5.74, 6) is 0.596. The van der Waals surface area contributed by atoms with Crippen LogP contribution in [0.1, 0.15) is 34.1 Å². The quantitative estimate of drug-likeness (QED) is 0.700. The monoisotopic (exact) mass is 199 g/mol. The van der Waals surface area contributed by atoms with Crippen molar-refractivity contribution in [2.75, 3.05) is 13.2 Å². The van der Waals surface area contributed by atoms with Crippen LogP contribution in [0.4, 0.5) is 0 Å². The molecule has 0 amide bonds. The van der Waals surface area contributed by atoms with E-state index in [1.54, 1.807) is 0 Å². The highest BCUT2D eigenvalue weighted by molar-refractivity contribution is 6.46. The Balaban J connectivity index is 2.34. The van der Waals surface area contributed by atoms with Crippen molar-refractivity contribution in [2.45, 2.75) is 40.1 Å². The third-order valence-electron chi connectivity index (χ3n) is 2.37. The van der Waals surface area contributed by atoms with Crippen molar-refractivity contribution in [1.29, 1.82) is 0 Å². The summed E-state index contributed by atoms with van der Waals surface area (Å²) in [5.41, 5.74) is 6.12. The van der Waals surface area contributed by atoms with E-state index in [9.17, 15) is 0 Å². The molecular formula is C10H22BNO2. The van der Waals surface area contributed by atoms with Gasteiger partial charge in [0.1, 0.15) is 0 Å². The number of rotatable bonds is 3. The van der Waals surface area contributed by atoms with Crippen LogP contribution in [0, 0.1) is 11.3 Å². The van der Waals surface area contributed by atoms with E-state index in [1.807, 2.05) is 0 Å². The minimum Gasteiger partial charge on any atom is -0.410 e. The molecule has 1 fully saturated rings. The van der Waals surface area contributed by atoms with Crippen LogP contribution in [0.25, 0.3) is 0 Å². The van der Waals surface area contributed by atoms with Crippen LogP contribution < -0.4 is 5.73 Å². The third kappa shape index (κ3) is 3.60. The van der Waals surface area contributed by atoms with E-state index in [4.69, 9.17) is 15.0 Å². The fourth-order valence-corrected chi connectivity index (χ4v) is 1.61. The molecule has 0 bridgehead atoms. The second-order valence-corrected chi connectivity index (χ2v) is 5.45. The normalized spacial score (nSPS) is 24.0. The largest absolute Gasteiger partial charge is 0.474 e. The van der Waals surface area contributed by atoms with E-state index in [0.29, 0.717) is 5.92 Å². The molecule has 1 aliphatic rings. The van der Waals surface area contributed by atoms with Gasteiger partial charge in [-0.25, -0.2) is 0 Å². The topological polar surface area (TPSA) is 44.5 Å². The lowest BCUT2D eigenvalue weighted by Crippen LogP contribution is -2.51. The molecule has 82 valence electrons. The van der Waals surface area contributed by atoms with Gasteiger partial charge in [-0.05, 0) is 12.3 Å². The van der Waals surface area contributed by atoms with Gasteiger partial charge in [0, 0.05) is 24.6 Å². The van der Waals surface area contributed by atoms with Crippen LogP contribution in [-0.4, -0.2) is 26.3 Å². The summed E-state index contributed by atoms with van der Waals surface area (Å²) in [4.78, 5) is 0. The van der Waals surface area contributed by atoms with Gasteiger partial charge in [-0.1, -0.05) is 27.7 Å². The van der Waals surface area contributed by atoms with Crippen LogP contribution in [-0.2, 0) is 9.31 Å². The van der Waals surface area contributed by atoms with Crippen molar-refractivity contribution in [2.24, 2.45) is 17.1 Å². The average Bonchev–Trinajstić information content (AvgIpc) is 2.02. The van der Waals surface area contributed by atoms with Gasteiger partial charge in [0.2, 0.25) is 0 Å². The van der Waals surface area contributed by atoms with Crippen LogP contribution in [0.2, 0.25) is 0 Å². The number of hydrogen-bond donors (Lipinski definition) is 1. The molecule has 0 unspecified atom stereocenters. The van der Waals surface area contributed by atoms with Crippen molar-refractivity contribution < 1.29 is 9.31 Å². The summed E-state index contributed by atoms with van der Waals surface area (Å²) >= 11 is 0. The fourth-order valence-electron chi connectivity index (χ4n) is 1.61. The Kier molecular flexibility index (Phi) is 3.99. The first-order valence-corrected chi connectivity index (χ1v) is 5.39. The van der Waals surface area contributed by atoms with Gasteiger partial charge in [-0.15, -0.1) is 0 Å². The average molecular weight is 199 g/mol.